The minimum Gasteiger partial charge on any atom is -0.476 e. The lowest BCUT2D eigenvalue weighted by Gasteiger charge is -2.20. The molecule has 17 heavy (non-hydrogen) atoms. The number of rotatable bonds is 5. The molecule has 0 amide bonds. The van der Waals surface area contributed by atoms with Gasteiger partial charge in [0.1, 0.15) is 5.82 Å². The van der Waals surface area contributed by atoms with Crippen LogP contribution in [0.15, 0.2) is 12.1 Å². The Balaban J connectivity index is 2.73. The highest BCUT2D eigenvalue weighted by atomic mass is 35.5. The fourth-order valence-corrected chi connectivity index (χ4v) is 1.31. The number of halogens is 1. The summed E-state index contributed by atoms with van der Waals surface area (Å²) in [5, 5.41) is 12.1. The van der Waals surface area contributed by atoms with Crippen molar-refractivity contribution in [1.29, 1.82) is 0 Å². The van der Waals surface area contributed by atoms with Crippen LogP contribution in [0, 0.1) is 0 Å². The molecule has 0 aliphatic heterocycles. The number of carboxylic acids is 1. The van der Waals surface area contributed by atoms with Gasteiger partial charge in [-0.2, -0.15) is 0 Å². The first kappa shape index (κ1) is 13.7. The largest absolute Gasteiger partial charge is 0.476 e. The summed E-state index contributed by atoms with van der Waals surface area (Å²) in [4.78, 5) is 16.8. The van der Waals surface area contributed by atoms with Crippen molar-refractivity contribution in [1.82, 2.24) is 9.88 Å². The smallest absolute Gasteiger partial charge is 0.356 e. The second-order valence-electron chi connectivity index (χ2n) is 4.03. The van der Waals surface area contributed by atoms with Crippen molar-refractivity contribution in [3.63, 3.8) is 0 Å². The first-order valence-electron chi connectivity index (χ1n) is 5.22. The Hall–Kier alpha value is -1.33. The Bertz CT molecular complexity index is 410. The number of aromatic nitrogens is 1. The highest BCUT2D eigenvalue weighted by Gasteiger charge is 2.12. The summed E-state index contributed by atoms with van der Waals surface area (Å²) in [6, 6.07) is 3.51. The molecule has 0 saturated carbocycles. The van der Waals surface area contributed by atoms with Crippen LogP contribution in [0.3, 0.4) is 0 Å². The van der Waals surface area contributed by atoms with Gasteiger partial charge in [-0.05, 0) is 33.2 Å². The molecule has 2 N–H and O–H groups in total. The summed E-state index contributed by atoms with van der Waals surface area (Å²) in [6.07, 6.45) is 0. The van der Waals surface area contributed by atoms with Crippen LogP contribution >= 0.6 is 11.6 Å². The van der Waals surface area contributed by atoms with E-state index >= 15 is 0 Å². The number of hydrogen-bond acceptors (Lipinski definition) is 4. The monoisotopic (exact) mass is 257 g/mol. The number of pyridine rings is 1. The first-order chi connectivity index (χ1) is 7.91. The number of likely N-dealkylation sites (N-methyl/N-ethyl adjacent to an activating group) is 1. The van der Waals surface area contributed by atoms with Gasteiger partial charge in [0.2, 0.25) is 0 Å². The predicted octanol–water partition coefficient (Wildman–Crippen LogP) is 1.80. The second kappa shape index (κ2) is 5.84. The molecule has 0 aromatic carbocycles. The SMILES string of the molecule is CC(CNc1ccc(Cl)c(C(=O)O)n1)N(C)C. The molecular formula is C11H16ClN3O2. The lowest BCUT2D eigenvalue weighted by atomic mass is 10.3. The predicted molar refractivity (Wildman–Crippen MR) is 67.8 cm³/mol. The quantitative estimate of drug-likeness (QED) is 0.842. The molecule has 0 bridgehead atoms. The van der Waals surface area contributed by atoms with Crippen LogP contribution in [0.5, 0.6) is 0 Å². The molecule has 6 heteroatoms. The van der Waals surface area contributed by atoms with Crippen molar-refractivity contribution in [3.05, 3.63) is 22.8 Å². The molecule has 1 aromatic heterocycles. The van der Waals surface area contributed by atoms with Gasteiger partial charge in [-0.3, -0.25) is 0 Å². The standard InChI is InChI=1S/C11H16ClN3O2/c1-7(15(2)3)6-13-9-5-4-8(12)10(14-9)11(16)17/h4-5,7H,6H2,1-3H3,(H,13,14)(H,16,17). The molecule has 0 aliphatic rings. The molecule has 0 aliphatic carbocycles. The molecule has 5 nitrogen and oxygen atoms in total. The summed E-state index contributed by atoms with van der Waals surface area (Å²) in [6.45, 7) is 2.74. The van der Waals surface area contributed by atoms with Gasteiger partial charge < -0.3 is 15.3 Å². The number of hydrogen-bond donors (Lipinski definition) is 2. The number of nitrogens with one attached hydrogen (secondary N) is 1. The summed E-state index contributed by atoms with van der Waals surface area (Å²) in [5.74, 6) is -0.611. The summed E-state index contributed by atoms with van der Waals surface area (Å²) in [5.41, 5.74) is -0.130. The number of nitrogens with zero attached hydrogens (tertiary/aromatic N) is 2. The van der Waals surface area contributed by atoms with Crippen LogP contribution in [0.1, 0.15) is 17.4 Å². The number of carboxylic acid groups (broad SMARTS) is 1. The number of aromatic carboxylic acids is 1. The van der Waals surface area contributed by atoms with E-state index in [0.717, 1.165) is 0 Å². The maximum atomic E-state index is 10.8. The Morgan fingerprint density at radius 2 is 2.24 bits per heavy atom. The maximum Gasteiger partial charge on any atom is 0.356 e. The highest BCUT2D eigenvalue weighted by molar-refractivity contribution is 6.33. The van der Waals surface area contributed by atoms with E-state index in [4.69, 9.17) is 16.7 Å². The van der Waals surface area contributed by atoms with Crippen LogP contribution in [0.2, 0.25) is 5.02 Å². The minimum atomic E-state index is -1.13. The van der Waals surface area contributed by atoms with Crippen molar-refractivity contribution in [2.45, 2.75) is 13.0 Å². The molecule has 0 saturated heterocycles. The second-order valence-corrected chi connectivity index (χ2v) is 4.43. The number of anilines is 1. The van der Waals surface area contributed by atoms with Crippen molar-refractivity contribution >= 4 is 23.4 Å². The third kappa shape index (κ3) is 3.87. The molecule has 0 radical (unpaired) electrons. The van der Waals surface area contributed by atoms with Crippen LogP contribution in [-0.4, -0.2) is 47.6 Å². The van der Waals surface area contributed by atoms with E-state index in [-0.39, 0.29) is 10.7 Å². The minimum absolute atomic E-state index is 0.130. The van der Waals surface area contributed by atoms with Gasteiger partial charge in [0.25, 0.3) is 0 Å². The molecule has 1 heterocycles. The average Bonchev–Trinajstić information content (AvgIpc) is 2.26. The lowest BCUT2D eigenvalue weighted by molar-refractivity contribution is 0.0691. The van der Waals surface area contributed by atoms with E-state index in [1.807, 2.05) is 14.1 Å². The van der Waals surface area contributed by atoms with Crippen LogP contribution < -0.4 is 5.32 Å². The zero-order valence-corrected chi connectivity index (χ0v) is 10.8. The van der Waals surface area contributed by atoms with Crippen LogP contribution in [0.25, 0.3) is 0 Å². The Morgan fingerprint density at radius 3 is 2.76 bits per heavy atom. The fraction of sp³-hybridized carbons (Fsp3) is 0.455. The summed E-state index contributed by atoms with van der Waals surface area (Å²) >= 11 is 5.73. The maximum absolute atomic E-state index is 10.8. The Morgan fingerprint density at radius 1 is 1.59 bits per heavy atom. The van der Waals surface area contributed by atoms with Gasteiger partial charge in [0.05, 0.1) is 5.02 Å². The van der Waals surface area contributed by atoms with Gasteiger partial charge in [-0.1, -0.05) is 11.6 Å². The third-order valence-corrected chi connectivity index (χ3v) is 2.81. The molecule has 1 aromatic rings. The van der Waals surface area contributed by atoms with Crippen molar-refractivity contribution in [2.75, 3.05) is 26.0 Å². The summed E-state index contributed by atoms with van der Waals surface area (Å²) in [7, 11) is 3.95. The van der Waals surface area contributed by atoms with Crippen molar-refractivity contribution < 1.29 is 9.90 Å². The van der Waals surface area contributed by atoms with E-state index in [1.165, 1.54) is 6.07 Å². The van der Waals surface area contributed by atoms with E-state index < -0.39 is 5.97 Å². The molecule has 0 fully saturated rings. The van der Waals surface area contributed by atoms with E-state index in [9.17, 15) is 4.79 Å². The van der Waals surface area contributed by atoms with Gasteiger partial charge in [0.15, 0.2) is 5.69 Å². The van der Waals surface area contributed by atoms with Crippen molar-refractivity contribution in [3.8, 4) is 0 Å². The average molecular weight is 258 g/mol. The summed E-state index contributed by atoms with van der Waals surface area (Å²) < 4.78 is 0. The third-order valence-electron chi connectivity index (χ3n) is 2.51. The zero-order valence-electron chi connectivity index (χ0n) is 10.1. The molecule has 1 atom stereocenters. The van der Waals surface area contributed by atoms with E-state index in [0.29, 0.717) is 18.4 Å². The first-order valence-corrected chi connectivity index (χ1v) is 5.59. The van der Waals surface area contributed by atoms with Gasteiger partial charge in [-0.25, -0.2) is 9.78 Å². The van der Waals surface area contributed by atoms with Gasteiger partial charge in [-0.15, -0.1) is 0 Å². The highest BCUT2D eigenvalue weighted by Crippen LogP contribution is 2.16. The molecular weight excluding hydrogens is 242 g/mol. The topological polar surface area (TPSA) is 65.5 Å². The molecule has 1 unspecified atom stereocenters. The van der Waals surface area contributed by atoms with E-state index in [1.54, 1.807) is 6.07 Å². The number of carbonyl (C=O) groups is 1. The van der Waals surface area contributed by atoms with Gasteiger partial charge in [0, 0.05) is 12.6 Å². The lowest BCUT2D eigenvalue weighted by Crippen LogP contribution is -2.31. The Labute approximate surface area is 105 Å². The Kier molecular flexibility index (Phi) is 4.72. The van der Waals surface area contributed by atoms with Crippen LogP contribution in [0.4, 0.5) is 5.82 Å². The fourth-order valence-electron chi connectivity index (χ4n) is 1.13. The molecule has 0 spiro atoms. The zero-order chi connectivity index (χ0) is 13.0. The van der Waals surface area contributed by atoms with Gasteiger partial charge >= 0.3 is 5.97 Å². The molecule has 1 rings (SSSR count). The molecule has 94 valence electrons. The normalized spacial score (nSPS) is 12.5. The van der Waals surface area contributed by atoms with E-state index in [2.05, 4.69) is 22.1 Å². The van der Waals surface area contributed by atoms with Crippen molar-refractivity contribution in [2.24, 2.45) is 0 Å². The van der Waals surface area contributed by atoms with Crippen LogP contribution in [-0.2, 0) is 0 Å².